The molecule has 4 aliphatic rings. The molecule has 0 spiro atoms. The highest BCUT2D eigenvalue weighted by Crippen LogP contribution is 2.66. The molecule has 42 heavy (non-hydrogen) atoms. The molecule has 1 amide bonds. The number of aromatic amines is 1. The van der Waals surface area contributed by atoms with E-state index in [0.29, 0.717) is 35.2 Å². The minimum absolute atomic E-state index is 0.0136. The molecule has 0 aliphatic heterocycles. The second-order valence-electron chi connectivity index (χ2n) is 14.0. The molecule has 0 bridgehead atoms. The van der Waals surface area contributed by atoms with E-state index in [0.717, 1.165) is 60.2 Å². The first-order chi connectivity index (χ1) is 20.3. The Morgan fingerprint density at radius 3 is 2.57 bits per heavy atom. The SMILES string of the molecule is CC12CCC(=NNC(=O)Cc3c[nH]c4ccccc34)CC1CCC1C2CCC2(C)C(OC(=O)c3ccccc3)CCC12. The number of para-hydroxylation sites is 1. The van der Waals surface area contributed by atoms with Crippen LogP contribution in [0.3, 0.4) is 0 Å². The lowest BCUT2D eigenvalue weighted by Gasteiger charge is -2.60. The van der Waals surface area contributed by atoms with Crippen LogP contribution in [0.25, 0.3) is 10.9 Å². The number of carbonyl (C=O) groups excluding carboxylic acids is 2. The molecule has 1 aromatic heterocycles. The first-order valence-corrected chi connectivity index (χ1v) is 16.0. The van der Waals surface area contributed by atoms with Crippen LogP contribution in [0.15, 0.2) is 65.9 Å². The van der Waals surface area contributed by atoms with Gasteiger partial charge >= 0.3 is 5.97 Å². The first-order valence-electron chi connectivity index (χ1n) is 16.0. The zero-order valence-corrected chi connectivity index (χ0v) is 24.9. The van der Waals surface area contributed by atoms with Gasteiger partial charge < -0.3 is 9.72 Å². The summed E-state index contributed by atoms with van der Waals surface area (Å²) in [5.41, 5.74) is 7.13. The van der Waals surface area contributed by atoms with Crippen molar-refractivity contribution in [3.05, 3.63) is 71.9 Å². The number of esters is 1. The van der Waals surface area contributed by atoms with Crippen molar-refractivity contribution in [3.63, 3.8) is 0 Å². The molecule has 6 nitrogen and oxygen atoms in total. The van der Waals surface area contributed by atoms with Crippen molar-refractivity contribution in [3.8, 4) is 0 Å². The van der Waals surface area contributed by atoms with Crippen molar-refractivity contribution in [1.29, 1.82) is 0 Å². The zero-order chi connectivity index (χ0) is 28.9. The lowest BCUT2D eigenvalue weighted by molar-refractivity contribution is -0.120. The summed E-state index contributed by atoms with van der Waals surface area (Å²) < 4.78 is 6.20. The summed E-state index contributed by atoms with van der Waals surface area (Å²) in [4.78, 5) is 29.0. The van der Waals surface area contributed by atoms with Gasteiger partial charge in [-0.3, -0.25) is 4.79 Å². The van der Waals surface area contributed by atoms with E-state index in [1.807, 2.05) is 54.7 Å². The molecule has 7 rings (SSSR count). The third-order valence-corrected chi connectivity index (χ3v) is 12.0. The monoisotopic (exact) mass is 565 g/mol. The van der Waals surface area contributed by atoms with E-state index in [9.17, 15) is 9.59 Å². The van der Waals surface area contributed by atoms with E-state index in [1.54, 1.807) is 0 Å². The van der Waals surface area contributed by atoms with Gasteiger partial charge in [0.2, 0.25) is 5.91 Å². The maximum atomic E-state index is 12.9. The number of hydrogen-bond donors (Lipinski definition) is 2. The van der Waals surface area contributed by atoms with Crippen molar-refractivity contribution < 1.29 is 14.3 Å². The Balaban J connectivity index is 0.984. The van der Waals surface area contributed by atoms with Gasteiger partial charge in [0.1, 0.15) is 6.10 Å². The van der Waals surface area contributed by atoms with E-state index < -0.39 is 0 Å². The average Bonchev–Trinajstić information content (AvgIpc) is 3.56. The predicted molar refractivity (Wildman–Crippen MR) is 165 cm³/mol. The molecule has 1 heterocycles. The van der Waals surface area contributed by atoms with Gasteiger partial charge in [0.25, 0.3) is 0 Å². The second kappa shape index (κ2) is 10.7. The van der Waals surface area contributed by atoms with Gasteiger partial charge in [0, 0.05) is 28.2 Å². The highest BCUT2D eigenvalue weighted by atomic mass is 16.5. The van der Waals surface area contributed by atoms with Crippen LogP contribution in [0.5, 0.6) is 0 Å². The molecule has 4 fully saturated rings. The summed E-state index contributed by atoms with van der Waals surface area (Å²) in [7, 11) is 0. The highest BCUT2D eigenvalue weighted by Gasteiger charge is 2.61. The number of benzene rings is 2. The molecule has 7 unspecified atom stereocenters. The predicted octanol–water partition coefficient (Wildman–Crippen LogP) is 7.45. The van der Waals surface area contributed by atoms with Crippen LogP contribution in [0, 0.1) is 34.5 Å². The maximum Gasteiger partial charge on any atom is 0.338 e. The van der Waals surface area contributed by atoms with Gasteiger partial charge in [0.05, 0.1) is 12.0 Å². The number of carbonyl (C=O) groups is 2. The summed E-state index contributed by atoms with van der Waals surface area (Å²) in [5.74, 6) is 2.44. The lowest BCUT2D eigenvalue weighted by atomic mass is 9.45. The molecule has 7 atom stereocenters. The summed E-state index contributed by atoms with van der Waals surface area (Å²) in [5, 5.41) is 5.75. The summed E-state index contributed by atoms with van der Waals surface area (Å²) in [6, 6.07) is 17.5. The Kier molecular flexibility index (Phi) is 6.99. The van der Waals surface area contributed by atoms with Gasteiger partial charge in [-0.05, 0) is 111 Å². The molecule has 3 aromatic rings. The van der Waals surface area contributed by atoms with Crippen LogP contribution in [-0.4, -0.2) is 28.7 Å². The standard InChI is InChI=1S/C36H43N3O3/c1-35-18-16-26(38-39-33(40)20-24-22-37-31-11-7-6-10-27(24)31)21-25(35)12-13-28-29-14-15-32(36(29,2)19-17-30(28)35)42-34(41)23-8-4-3-5-9-23/h3-11,22,25,28-30,32,37H,12-21H2,1-2H3,(H,39,40). The Hall–Kier alpha value is -3.41. The van der Waals surface area contributed by atoms with E-state index >= 15 is 0 Å². The second-order valence-corrected chi connectivity index (χ2v) is 14.0. The third-order valence-electron chi connectivity index (χ3n) is 12.0. The summed E-state index contributed by atoms with van der Waals surface area (Å²) in [6.07, 6.45) is 12.4. The topological polar surface area (TPSA) is 83.6 Å². The number of rotatable bonds is 5. The van der Waals surface area contributed by atoms with Crippen molar-refractivity contribution in [2.45, 2.75) is 84.2 Å². The number of H-pyrrole nitrogens is 1. The van der Waals surface area contributed by atoms with Crippen LogP contribution in [-0.2, 0) is 16.0 Å². The van der Waals surface area contributed by atoms with Crippen molar-refractivity contribution in [1.82, 2.24) is 10.4 Å². The quantitative estimate of drug-likeness (QED) is 0.249. The minimum Gasteiger partial charge on any atom is -0.458 e. The van der Waals surface area contributed by atoms with E-state index in [-0.39, 0.29) is 23.4 Å². The number of aromatic nitrogens is 1. The van der Waals surface area contributed by atoms with Crippen molar-refractivity contribution >= 4 is 28.5 Å². The number of amides is 1. The van der Waals surface area contributed by atoms with Crippen LogP contribution in [0.4, 0.5) is 0 Å². The van der Waals surface area contributed by atoms with E-state index in [2.05, 4.69) is 35.4 Å². The number of ether oxygens (including phenoxy) is 1. The number of nitrogens with zero attached hydrogens (tertiary/aromatic N) is 1. The van der Waals surface area contributed by atoms with Crippen LogP contribution in [0.2, 0.25) is 0 Å². The highest BCUT2D eigenvalue weighted by molar-refractivity contribution is 5.91. The molecule has 2 N–H and O–H groups in total. The number of hydrogen-bond acceptors (Lipinski definition) is 4. The summed E-state index contributed by atoms with van der Waals surface area (Å²) in [6.45, 7) is 4.95. The van der Waals surface area contributed by atoms with E-state index in [1.165, 1.54) is 25.7 Å². The number of nitrogens with one attached hydrogen (secondary N) is 2. The Morgan fingerprint density at radius 1 is 0.929 bits per heavy atom. The molecule has 0 radical (unpaired) electrons. The molecule has 2 aromatic carbocycles. The maximum absolute atomic E-state index is 12.9. The smallest absolute Gasteiger partial charge is 0.338 e. The number of fused-ring (bicyclic) bond motifs is 6. The van der Waals surface area contributed by atoms with Crippen LogP contribution < -0.4 is 5.43 Å². The molecule has 0 saturated heterocycles. The molecular formula is C36H43N3O3. The van der Waals surface area contributed by atoms with Gasteiger partial charge in [-0.25, -0.2) is 10.2 Å². The Morgan fingerprint density at radius 2 is 1.71 bits per heavy atom. The fourth-order valence-corrected chi connectivity index (χ4v) is 9.71. The van der Waals surface area contributed by atoms with Crippen LogP contribution in [0.1, 0.15) is 87.6 Å². The van der Waals surface area contributed by atoms with Gasteiger partial charge in [-0.1, -0.05) is 50.2 Å². The van der Waals surface area contributed by atoms with Gasteiger partial charge in [0.15, 0.2) is 0 Å². The zero-order valence-electron chi connectivity index (χ0n) is 24.9. The van der Waals surface area contributed by atoms with Crippen molar-refractivity contribution in [2.75, 3.05) is 0 Å². The fourth-order valence-electron chi connectivity index (χ4n) is 9.71. The molecule has 220 valence electrons. The lowest BCUT2D eigenvalue weighted by Crippen LogP contribution is -2.54. The molecule has 4 aliphatic carbocycles. The Bertz CT molecular complexity index is 1510. The molecule has 6 heteroatoms. The first kappa shape index (κ1) is 27.4. The Labute approximate surface area is 248 Å². The third kappa shape index (κ3) is 4.67. The molecule has 4 saturated carbocycles. The van der Waals surface area contributed by atoms with Crippen LogP contribution >= 0.6 is 0 Å². The summed E-state index contributed by atoms with van der Waals surface area (Å²) >= 11 is 0. The fraction of sp³-hybridized carbons (Fsp3) is 0.528. The number of hydrazone groups is 1. The minimum atomic E-state index is -0.173. The van der Waals surface area contributed by atoms with E-state index in [4.69, 9.17) is 4.74 Å². The van der Waals surface area contributed by atoms with Crippen molar-refractivity contribution in [2.24, 2.45) is 39.6 Å². The van der Waals surface area contributed by atoms with Gasteiger partial charge in [-0.2, -0.15) is 5.10 Å². The largest absolute Gasteiger partial charge is 0.458 e. The average molecular weight is 566 g/mol. The normalized spacial score (nSPS) is 34.8. The van der Waals surface area contributed by atoms with Gasteiger partial charge in [-0.15, -0.1) is 0 Å². The molecular weight excluding hydrogens is 522 g/mol.